The van der Waals surface area contributed by atoms with Gasteiger partial charge in [0, 0.05) is 35.7 Å². The lowest BCUT2D eigenvalue weighted by Crippen LogP contribution is -2.43. The Kier molecular flexibility index (Phi) is 9.86. The first kappa shape index (κ1) is 28.0. The molecule has 1 saturated carbocycles. The number of carboxylic acids is 1. The molecule has 3 N–H and O–H groups in total. The van der Waals surface area contributed by atoms with Crippen molar-refractivity contribution in [2.45, 2.75) is 51.1 Å². The molecule has 2 unspecified atom stereocenters. The van der Waals surface area contributed by atoms with E-state index in [1.807, 2.05) is 37.3 Å². The molecule has 204 valence electrons. The number of aliphatic carboxylic acids is 1. The monoisotopic (exact) mass is 528 g/mol. The Morgan fingerprint density at radius 3 is 2.26 bits per heavy atom. The number of carbonyl (C=O) groups is 3. The average Bonchev–Trinajstić information content (AvgIpc) is 2.93. The molecule has 0 spiro atoms. The van der Waals surface area contributed by atoms with Crippen molar-refractivity contribution in [1.29, 1.82) is 0 Å². The van der Waals surface area contributed by atoms with Gasteiger partial charge in [0.2, 0.25) is 0 Å². The van der Waals surface area contributed by atoms with Gasteiger partial charge in [0.1, 0.15) is 18.4 Å². The van der Waals surface area contributed by atoms with E-state index in [-0.39, 0.29) is 24.2 Å². The maximum Gasteiger partial charge on any atom is 0.326 e. The largest absolute Gasteiger partial charge is 0.492 e. The molecule has 7 heteroatoms. The second-order valence-electron chi connectivity index (χ2n) is 9.92. The first-order chi connectivity index (χ1) is 19.0. The highest BCUT2D eigenvalue weighted by atomic mass is 16.5. The van der Waals surface area contributed by atoms with E-state index in [1.165, 1.54) is 0 Å². The van der Waals surface area contributed by atoms with Gasteiger partial charge >= 0.3 is 5.97 Å². The summed E-state index contributed by atoms with van der Waals surface area (Å²) in [6, 6.07) is 22.2. The van der Waals surface area contributed by atoms with Gasteiger partial charge in [-0.05, 0) is 49.1 Å². The minimum atomic E-state index is -1.01. The second-order valence-corrected chi connectivity index (χ2v) is 9.92. The number of anilines is 1. The number of carbonyl (C=O) groups excluding carboxylic acids is 2. The fourth-order valence-electron chi connectivity index (χ4n) is 4.72. The predicted octanol–water partition coefficient (Wildman–Crippen LogP) is 5.14. The number of hydrogen-bond acceptors (Lipinski definition) is 6. The first-order valence-corrected chi connectivity index (χ1v) is 13.6. The summed E-state index contributed by atoms with van der Waals surface area (Å²) in [4.78, 5) is 37.6. The van der Waals surface area contributed by atoms with Crippen LogP contribution in [0.4, 0.5) is 5.69 Å². The van der Waals surface area contributed by atoms with Crippen molar-refractivity contribution < 1.29 is 24.2 Å². The van der Waals surface area contributed by atoms with Gasteiger partial charge < -0.3 is 20.5 Å². The molecule has 7 nitrogen and oxygen atoms in total. The van der Waals surface area contributed by atoms with Gasteiger partial charge in [-0.3, -0.25) is 9.59 Å². The molecule has 0 heterocycles. The SMILES string of the molecule is CCC(NCCOc1ccc(CC(Nc2ccccc2C(=O)c2ccccc2)C(=O)O)cc1)C(=O)C1CCC1. The summed E-state index contributed by atoms with van der Waals surface area (Å²) in [7, 11) is 0. The van der Waals surface area contributed by atoms with Gasteiger partial charge in [0.15, 0.2) is 11.6 Å². The van der Waals surface area contributed by atoms with Crippen LogP contribution in [0.25, 0.3) is 0 Å². The number of Topliss-reactive ketones (excluding diaryl/α,β-unsaturated/α-hetero) is 1. The Balaban J connectivity index is 1.31. The zero-order valence-electron chi connectivity index (χ0n) is 22.3. The molecular weight excluding hydrogens is 492 g/mol. The third kappa shape index (κ3) is 7.54. The van der Waals surface area contributed by atoms with E-state index in [0.717, 1.165) is 31.2 Å². The molecule has 0 amide bonds. The molecule has 3 aromatic rings. The summed E-state index contributed by atoms with van der Waals surface area (Å²) in [5.41, 5.74) is 2.27. The van der Waals surface area contributed by atoms with E-state index in [9.17, 15) is 19.5 Å². The summed E-state index contributed by atoms with van der Waals surface area (Å²) in [6.07, 6.45) is 4.17. The van der Waals surface area contributed by atoms with E-state index in [2.05, 4.69) is 10.6 Å². The van der Waals surface area contributed by atoms with Gasteiger partial charge in [-0.1, -0.05) is 67.9 Å². The van der Waals surface area contributed by atoms with Crippen molar-refractivity contribution >= 4 is 23.2 Å². The number of rotatable bonds is 15. The lowest BCUT2D eigenvalue weighted by atomic mass is 9.79. The summed E-state index contributed by atoms with van der Waals surface area (Å²) in [5.74, 6) is 0.0407. The molecule has 4 rings (SSSR count). The van der Waals surface area contributed by atoms with Crippen molar-refractivity contribution in [3.05, 3.63) is 95.6 Å². The lowest BCUT2D eigenvalue weighted by molar-refractivity contribution is -0.137. The zero-order valence-corrected chi connectivity index (χ0v) is 22.3. The predicted molar refractivity (Wildman–Crippen MR) is 151 cm³/mol. The van der Waals surface area contributed by atoms with Gasteiger partial charge in [-0.25, -0.2) is 4.79 Å². The third-order valence-electron chi connectivity index (χ3n) is 7.22. The summed E-state index contributed by atoms with van der Waals surface area (Å²) in [6.45, 7) is 3.02. The minimum absolute atomic E-state index is 0.116. The number of benzene rings is 3. The highest BCUT2D eigenvalue weighted by Crippen LogP contribution is 2.28. The van der Waals surface area contributed by atoms with E-state index in [1.54, 1.807) is 48.5 Å². The number of carboxylic acid groups (broad SMARTS) is 1. The topological polar surface area (TPSA) is 105 Å². The fraction of sp³-hybridized carbons (Fsp3) is 0.344. The van der Waals surface area contributed by atoms with Crippen LogP contribution in [0, 0.1) is 5.92 Å². The average molecular weight is 529 g/mol. The molecule has 0 saturated heterocycles. The van der Waals surface area contributed by atoms with Crippen LogP contribution >= 0.6 is 0 Å². The van der Waals surface area contributed by atoms with E-state index in [4.69, 9.17) is 4.74 Å². The lowest BCUT2D eigenvalue weighted by Gasteiger charge is -2.28. The molecule has 1 aliphatic carbocycles. The van der Waals surface area contributed by atoms with Gasteiger partial charge in [-0.15, -0.1) is 0 Å². The normalized spacial score (nSPS) is 14.6. The Hall–Kier alpha value is -3.97. The van der Waals surface area contributed by atoms with Crippen LogP contribution in [0.15, 0.2) is 78.9 Å². The molecule has 1 aliphatic rings. The maximum absolute atomic E-state index is 13.0. The molecule has 1 fully saturated rings. The zero-order chi connectivity index (χ0) is 27.6. The van der Waals surface area contributed by atoms with E-state index in [0.29, 0.717) is 41.5 Å². The van der Waals surface area contributed by atoms with Crippen LogP contribution in [0.5, 0.6) is 5.75 Å². The molecule has 0 aromatic heterocycles. The van der Waals surface area contributed by atoms with Crippen molar-refractivity contribution in [3.63, 3.8) is 0 Å². The number of hydrogen-bond donors (Lipinski definition) is 3. The Labute approximate surface area is 229 Å². The van der Waals surface area contributed by atoms with Crippen LogP contribution < -0.4 is 15.4 Å². The third-order valence-corrected chi connectivity index (χ3v) is 7.22. The Morgan fingerprint density at radius 2 is 1.62 bits per heavy atom. The van der Waals surface area contributed by atoms with Crippen LogP contribution in [-0.4, -0.2) is 47.9 Å². The Morgan fingerprint density at radius 1 is 0.923 bits per heavy atom. The van der Waals surface area contributed by atoms with Crippen molar-refractivity contribution in [1.82, 2.24) is 5.32 Å². The summed E-state index contributed by atoms with van der Waals surface area (Å²) < 4.78 is 5.83. The smallest absolute Gasteiger partial charge is 0.326 e. The number of ketones is 2. The molecular formula is C32H36N2O5. The quantitative estimate of drug-likeness (QED) is 0.185. The first-order valence-electron chi connectivity index (χ1n) is 13.6. The fourth-order valence-corrected chi connectivity index (χ4v) is 4.72. The van der Waals surface area contributed by atoms with Crippen molar-refractivity contribution in [2.75, 3.05) is 18.5 Å². The van der Waals surface area contributed by atoms with Gasteiger partial charge in [0.05, 0.1) is 6.04 Å². The number of ether oxygens (including phenoxy) is 1. The molecule has 0 aliphatic heterocycles. The van der Waals surface area contributed by atoms with Crippen LogP contribution in [0.3, 0.4) is 0 Å². The maximum atomic E-state index is 13.0. The highest BCUT2D eigenvalue weighted by molar-refractivity contribution is 6.12. The van der Waals surface area contributed by atoms with Crippen LogP contribution in [0.1, 0.15) is 54.1 Å². The Bertz CT molecular complexity index is 1260. The molecule has 0 radical (unpaired) electrons. The molecule has 0 bridgehead atoms. The van der Waals surface area contributed by atoms with Gasteiger partial charge in [-0.2, -0.15) is 0 Å². The second kappa shape index (κ2) is 13.7. The van der Waals surface area contributed by atoms with E-state index >= 15 is 0 Å². The number of nitrogens with one attached hydrogen (secondary N) is 2. The van der Waals surface area contributed by atoms with E-state index < -0.39 is 12.0 Å². The van der Waals surface area contributed by atoms with Crippen LogP contribution in [-0.2, 0) is 16.0 Å². The van der Waals surface area contributed by atoms with Crippen molar-refractivity contribution in [2.24, 2.45) is 5.92 Å². The summed E-state index contributed by atoms with van der Waals surface area (Å²) in [5, 5.41) is 16.3. The van der Waals surface area contributed by atoms with Crippen molar-refractivity contribution in [3.8, 4) is 5.75 Å². The van der Waals surface area contributed by atoms with Crippen LogP contribution in [0.2, 0.25) is 0 Å². The van der Waals surface area contributed by atoms with Gasteiger partial charge in [0.25, 0.3) is 0 Å². The molecule has 3 aromatic carbocycles. The molecule has 39 heavy (non-hydrogen) atoms. The molecule has 2 atom stereocenters. The highest BCUT2D eigenvalue weighted by Gasteiger charge is 2.29. The minimum Gasteiger partial charge on any atom is -0.492 e. The standard InChI is InChI=1S/C32H36N2O5/c1-2-27(31(36)24-11-8-12-24)33-19-20-39-25-17-15-22(16-18-25)21-29(32(37)38)34-28-14-7-6-13-26(28)30(35)23-9-4-3-5-10-23/h3-7,9-10,13-18,24,27,29,33-34H,2,8,11-12,19-21H2,1H3,(H,37,38). The summed E-state index contributed by atoms with van der Waals surface area (Å²) >= 11 is 0. The number of para-hydroxylation sites is 1.